The van der Waals surface area contributed by atoms with Crippen LogP contribution in [0.25, 0.3) is 0 Å². The second kappa shape index (κ2) is 3.23. The van der Waals surface area contributed by atoms with Crippen molar-refractivity contribution in [3.63, 3.8) is 0 Å². The van der Waals surface area contributed by atoms with Crippen molar-refractivity contribution in [1.29, 1.82) is 0 Å². The lowest BCUT2D eigenvalue weighted by Gasteiger charge is -2.23. The molecule has 0 N–H and O–H groups in total. The van der Waals surface area contributed by atoms with Crippen molar-refractivity contribution >= 4 is 0 Å². The van der Waals surface area contributed by atoms with Gasteiger partial charge in [-0.15, -0.1) is 0 Å². The minimum atomic E-state index is 0.884. The maximum absolute atomic E-state index is 2.42. The average molecular weight is 138 g/mol. The van der Waals surface area contributed by atoms with Crippen LogP contribution in [0.2, 0.25) is 0 Å². The van der Waals surface area contributed by atoms with Crippen LogP contribution < -0.4 is 0 Å². The molecule has 58 valence electrons. The summed E-state index contributed by atoms with van der Waals surface area (Å²) in [4.78, 5) is 0. The molecule has 10 heavy (non-hydrogen) atoms. The fraction of sp³-hybridized carbons (Fsp3) is 0.800. The van der Waals surface area contributed by atoms with Gasteiger partial charge in [-0.2, -0.15) is 0 Å². The van der Waals surface area contributed by atoms with Gasteiger partial charge < -0.3 is 0 Å². The van der Waals surface area contributed by atoms with Crippen LogP contribution in [0.1, 0.15) is 40.0 Å². The lowest BCUT2D eigenvalue weighted by molar-refractivity contribution is 0.452. The van der Waals surface area contributed by atoms with Crippen LogP contribution in [-0.4, -0.2) is 0 Å². The first-order chi connectivity index (χ1) is 4.68. The van der Waals surface area contributed by atoms with E-state index >= 15 is 0 Å². The van der Waals surface area contributed by atoms with Crippen LogP contribution in [0.5, 0.6) is 0 Å². The van der Waals surface area contributed by atoms with E-state index < -0.39 is 0 Å². The van der Waals surface area contributed by atoms with Gasteiger partial charge in [0.1, 0.15) is 0 Å². The smallest absolute Gasteiger partial charge is 0.0194 e. The molecule has 1 unspecified atom stereocenters. The maximum atomic E-state index is 2.42. The molecule has 1 rings (SSSR count). The molecule has 0 spiro atoms. The molecule has 1 atom stereocenters. The molecule has 0 aromatic heterocycles. The Bertz CT molecular complexity index is 131. The van der Waals surface area contributed by atoms with E-state index in [4.69, 9.17) is 0 Å². The summed E-state index contributed by atoms with van der Waals surface area (Å²) in [6.45, 7) is 6.83. The monoisotopic (exact) mass is 138 g/mol. The van der Waals surface area contributed by atoms with E-state index in [-0.39, 0.29) is 0 Å². The molecule has 1 aliphatic carbocycles. The molecular formula is C10H18. The van der Waals surface area contributed by atoms with Crippen LogP contribution in [0.3, 0.4) is 0 Å². The first-order valence-corrected chi connectivity index (χ1v) is 4.36. The van der Waals surface area contributed by atoms with Gasteiger partial charge >= 0.3 is 0 Å². The fourth-order valence-electron chi connectivity index (χ4n) is 1.52. The largest absolute Gasteiger partial charge is 0.0822 e. The molecule has 0 saturated heterocycles. The zero-order valence-corrected chi connectivity index (χ0v) is 7.35. The van der Waals surface area contributed by atoms with E-state index in [0.717, 1.165) is 11.8 Å². The third-order valence-corrected chi connectivity index (χ3v) is 2.22. The Balaban J connectivity index is 2.07. The first kappa shape index (κ1) is 7.84. The highest BCUT2D eigenvalue weighted by atomic mass is 14.2. The summed E-state index contributed by atoms with van der Waals surface area (Å²) in [5.74, 6) is 1.82. The van der Waals surface area contributed by atoms with Gasteiger partial charge in [0.15, 0.2) is 0 Å². The van der Waals surface area contributed by atoms with E-state index in [1.807, 2.05) is 0 Å². The van der Waals surface area contributed by atoms with Crippen molar-refractivity contribution in [1.82, 2.24) is 0 Å². The van der Waals surface area contributed by atoms with Gasteiger partial charge in [-0.05, 0) is 31.6 Å². The fourth-order valence-corrected chi connectivity index (χ4v) is 1.52. The molecular weight excluding hydrogens is 120 g/mol. The zero-order valence-electron chi connectivity index (χ0n) is 7.35. The van der Waals surface area contributed by atoms with Crippen molar-refractivity contribution in [3.8, 4) is 0 Å². The molecule has 0 radical (unpaired) electrons. The maximum Gasteiger partial charge on any atom is -0.0194 e. The second-order valence-electron chi connectivity index (χ2n) is 3.95. The predicted octanol–water partition coefficient (Wildman–Crippen LogP) is 3.39. The number of rotatable bonds is 3. The molecule has 0 aromatic rings. The normalized spacial score (nSPS) is 24.4. The minimum Gasteiger partial charge on any atom is -0.0822 e. The second-order valence-corrected chi connectivity index (χ2v) is 3.95. The molecule has 0 amide bonds. The summed E-state index contributed by atoms with van der Waals surface area (Å²) in [6.07, 6.45) is 6.60. The molecule has 0 aliphatic heterocycles. The average Bonchev–Trinajstić information content (AvgIpc) is 1.77. The Morgan fingerprint density at radius 1 is 1.60 bits per heavy atom. The van der Waals surface area contributed by atoms with Crippen molar-refractivity contribution in [3.05, 3.63) is 11.6 Å². The van der Waals surface area contributed by atoms with Crippen molar-refractivity contribution in [2.24, 2.45) is 11.8 Å². The number of allylic oxidation sites excluding steroid dienone is 2. The van der Waals surface area contributed by atoms with Crippen LogP contribution >= 0.6 is 0 Å². The van der Waals surface area contributed by atoms with E-state index in [9.17, 15) is 0 Å². The van der Waals surface area contributed by atoms with Gasteiger partial charge in [-0.3, -0.25) is 0 Å². The minimum absolute atomic E-state index is 0.884. The van der Waals surface area contributed by atoms with Gasteiger partial charge in [0.2, 0.25) is 0 Å². The summed E-state index contributed by atoms with van der Waals surface area (Å²) in [5, 5.41) is 0. The van der Waals surface area contributed by atoms with Gasteiger partial charge in [0.25, 0.3) is 0 Å². The molecule has 0 bridgehead atoms. The summed E-state index contributed by atoms with van der Waals surface area (Å²) in [7, 11) is 0. The van der Waals surface area contributed by atoms with Crippen molar-refractivity contribution in [2.75, 3.05) is 0 Å². The SMILES string of the molecule is CC1=CC(CCC(C)C)C1. The lowest BCUT2D eigenvalue weighted by atomic mass is 9.83. The van der Waals surface area contributed by atoms with Crippen LogP contribution in [0.15, 0.2) is 11.6 Å². The van der Waals surface area contributed by atoms with Gasteiger partial charge in [-0.1, -0.05) is 31.9 Å². The van der Waals surface area contributed by atoms with Gasteiger partial charge in [-0.25, -0.2) is 0 Å². The highest BCUT2D eigenvalue weighted by Crippen LogP contribution is 2.29. The lowest BCUT2D eigenvalue weighted by Crippen LogP contribution is -2.08. The Hall–Kier alpha value is -0.260. The van der Waals surface area contributed by atoms with Crippen molar-refractivity contribution in [2.45, 2.75) is 40.0 Å². The van der Waals surface area contributed by atoms with E-state index in [2.05, 4.69) is 26.8 Å². The molecule has 0 aromatic carbocycles. The Morgan fingerprint density at radius 2 is 2.20 bits per heavy atom. The highest BCUT2D eigenvalue weighted by Gasteiger charge is 2.14. The third kappa shape index (κ3) is 2.17. The predicted molar refractivity (Wildman–Crippen MR) is 45.9 cm³/mol. The number of hydrogen-bond donors (Lipinski definition) is 0. The summed E-state index contributed by atoms with van der Waals surface area (Å²) in [6, 6.07) is 0. The highest BCUT2D eigenvalue weighted by molar-refractivity contribution is 5.13. The van der Waals surface area contributed by atoms with Gasteiger partial charge in [0.05, 0.1) is 0 Å². The van der Waals surface area contributed by atoms with E-state index in [0.29, 0.717) is 0 Å². The first-order valence-electron chi connectivity index (χ1n) is 4.36. The summed E-state index contributed by atoms with van der Waals surface area (Å²) in [5.41, 5.74) is 1.59. The zero-order chi connectivity index (χ0) is 7.56. The molecule has 0 heterocycles. The van der Waals surface area contributed by atoms with Crippen LogP contribution in [0.4, 0.5) is 0 Å². The third-order valence-electron chi connectivity index (χ3n) is 2.22. The quantitative estimate of drug-likeness (QED) is 0.524. The molecule has 1 aliphatic rings. The van der Waals surface area contributed by atoms with Crippen LogP contribution in [-0.2, 0) is 0 Å². The van der Waals surface area contributed by atoms with E-state index in [1.54, 1.807) is 5.57 Å². The number of hydrogen-bond acceptors (Lipinski definition) is 0. The topological polar surface area (TPSA) is 0 Å². The summed E-state index contributed by atoms with van der Waals surface area (Å²) < 4.78 is 0. The molecule has 0 fully saturated rings. The Kier molecular flexibility index (Phi) is 2.53. The molecule has 0 saturated carbocycles. The molecule has 0 heteroatoms. The van der Waals surface area contributed by atoms with Gasteiger partial charge in [0, 0.05) is 0 Å². The molecule has 0 nitrogen and oxygen atoms in total. The van der Waals surface area contributed by atoms with E-state index in [1.165, 1.54) is 19.3 Å². The van der Waals surface area contributed by atoms with Crippen LogP contribution in [0, 0.1) is 11.8 Å². The standard InChI is InChI=1S/C10H18/c1-8(2)4-5-10-6-9(3)7-10/h6,8,10H,4-5,7H2,1-3H3. The van der Waals surface area contributed by atoms with Crippen molar-refractivity contribution < 1.29 is 0 Å². The summed E-state index contributed by atoms with van der Waals surface area (Å²) >= 11 is 0. The Labute approximate surface area is 64.3 Å². The Morgan fingerprint density at radius 3 is 2.60 bits per heavy atom.